The monoisotopic (exact) mass is 285 g/mol. The normalized spacial score (nSPS) is 23.9. The van der Waals surface area contributed by atoms with E-state index in [0.717, 1.165) is 25.7 Å². The van der Waals surface area contributed by atoms with E-state index < -0.39 is 11.4 Å². The second kappa shape index (κ2) is 7.62. The van der Waals surface area contributed by atoms with Gasteiger partial charge in [0.1, 0.15) is 5.41 Å². The Morgan fingerprint density at radius 3 is 2.60 bits per heavy atom. The summed E-state index contributed by atoms with van der Waals surface area (Å²) in [7, 11) is 1.51. The van der Waals surface area contributed by atoms with Gasteiger partial charge < -0.3 is 14.7 Å². The summed E-state index contributed by atoms with van der Waals surface area (Å²) in [6.45, 7) is 5.10. The van der Waals surface area contributed by atoms with Crippen LogP contribution in [0.5, 0.6) is 0 Å². The molecule has 1 heterocycles. The van der Waals surface area contributed by atoms with Gasteiger partial charge >= 0.3 is 5.97 Å². The Hall–Kier alpha value is -1.10. The number of carboxylic acid groups (broad SMARTS) is 1. The minimum atomic E-state index is -0.923. The van der Waals surface area contributed by atoms with Gasteiger partial charge in [0.15, 0.2) is 0 Å². The number of hydrogen-bond acceptors (Lipinski definition) is 3. The Morgan fingerprint density at radius 1 is 1.40 bits per heavy atom. The zero-order chi connectivity index (χ0) is 15.2. The van der Waals surface area contributed by atoms with Gasteiger partial charge in [-0.15, -0.1) is 0 Å². The fraction of sp³-hybridized carbons (Fsp3) is 0.867. The van der Waals surface area contributed by atoms with Crippen molar-refractivity contribution in [3.63, 3.8) is 0 Å². The molecule has 5 heteroatoms. The summed E-state index contributed by atoms with van der Waals surface area (Å²) in [5, 5.41) is 9.41. The van der Waals surface area contributed by atoms with Crippen LogP contribution in [0.25, 0.3) is 0 Å². The Balaban J connectivity index is 2.69. The topological polar surface area (TPSA) is 66.8 Å². The minimum Gasteiger partial charge on any atom is -0.481 e. The summed E-state index contributed by atoms with van der Waals surface area (Å²) < 4.78 is 5.05. The highest BCUT2D eigenvalue weighted by Crippen LogP contribution is 2.33. The molecule has 0 aromatic carbocycles. The van der Waals surface area contributed by atoms with E-state index in [1.54, 1.807) is 4.90 Å². The Kier molecular flexibility index (Phi) is 6.46. The predicted molar refractivity (Wildman–Crippen MR) is 76.4 cm³/mol. The molecule has 0 spiro atoms. The molecule has 2 unspecified atom stereocenters. The molecule has 0 aromatic heterocycles. The Labute approximate surface area is 121 Å². The van der Waals surface area contributed by atoms with Crippen molar-refractivity contribution < 1.29 is 19.4 Å². The maximum atomic E-state index is 12.5. The lowest BCUT2D eigenvalue weighted by molar-refractivity contribution is -0.152. The number of carboxylic acids is 1. The molecule has 5 nitrogen and oxygen atoms in total. The van der Waals surface area contributed by atoms with E-state index in [-0.39, 0.29) is 25.0 Å². The van der Waals surface area contributed by atoms with Crippen LogP contribution in [0.4, 0.5) is 0 Å². The molecule has 1 rings (SSSR count). The zero-order valence-corrected chi connectivity index (χ0v) is 12.9. The number of unbranched alkanes of at least 4 members (excludes halogenated alkanes) is 1. The molecule has 20 heavy (non-hydrogen) atoms. The molecule has 1 amide bonds. The van der Waals surface area contributed by atoms with Crippen LogP contribution in [-0.2, 0) is 14.3 Å². The van der Waals surface area contributed by atoms with E-state index in [4.69, 9.17) is 4.74 Å². The molecule has 1 N–H and O–H groups in total. The van der Waals surface area contributed by atoms with Crippen molar-refractivity contribution in [2.24, 2.45) is 11.3 Å². The van der Waals surface area contributed by atoms with Crippen molar-refractivity contribution in [3.05, 3.63) is 0 Å². The van der Waals surface area contributed by atoms with Crippen LogP contribution in [0.2, 0.25) is 0 Å². The molecular formula is C15H27NO4. The molecule has 2 atom stereocenters. The van der Waals surface area contributed by atoms with Crippen molar-refractivity contribution in [2.75, 3.05) is 26.8 Å². The van der Waals surface area contributed by atoms with Crippen LogP contribution < -0.4 is 0 Å². The number of likely N-dealkylation sites (tertiary alicyclic amines) is 1. The summed E-state index contributed by atoms with van der Waals surface area (Å²) in [6.07, 6.45) is 4.31. The van der Waals surface area contributed by atoms with E-state index in [1.807, 2.05) is 6.92 Å². The fourth-order valence-corrected chi connectivity index (χ4v) is 2.90. The van der Waals surface area contributed by atoms with Crippen molar-refractivity contribution in [1.29, 1.82) is 0 Å². The van der Waals surface area contributed by atoms with Gasteiger partial charge in [0.2, 0.25) is 5.91 Å². The lowest BCUT2D eigenvalue weighted by Crippen LogP contribution is -2.41. The van der Waals surface area contributed by atoms with E-state index in [1.165, 1.54) is 7.11 Å². The minimum absolute atomic E-state index is 0.0297. The molecular weight excluding hydrogens is 258 g/mol. The lowest BCUT2D eigenvalue weighted by atomic mass is 9.88. The number of nitrogens with zero attached hydrogens (tertiary/aromatic N) is 1. The fourth-order valence-electron chi connectivity index (χ4n) is 2.90. The summed E-state index contributed by atoms with van der Waals surface area (Å²) in [4.78, 5) is 25.7. The third-order valence-electron chi connectivity index (χ3n) is 4.29. The summed E-state index contributed by atoms with van der Waals surface area (Å²) in [5.74, 6) is -0.724. The number of carbonyl (C=O) groups excluding carboxylic acids is 1. The molecule has 1 saturated heterocycles. The molecule has 0 radical (unpaired) electrons. The number of methoxy groups -OCH3 is 1. The standard InChI is InChI=1S/C15H27NO4/c1-4-6-7-12(5-2)13(17)16-9-8-15(10-16,11-20-3)14(18)19/h12H,4-11H2,1-3H3,(H,18,19). The van der Waals surface area contributed by atoms with Crippen molar-refractivity contribution in [1.82, 2.24) is 4.90 Å². The average molecular weight is 285 g/mol. The van der Waals surface area contributed by atoms with Gasteiger partial charge in [-0.2, -0.15) is 0 Å². The third kappa shape index (κ3) is 3.72. The van der Waals surface area contributed by atoms with E-state index in [2.05, 4.69) is 6.92 Å². The number of rotatable bonds is 8. The second-order valence-electron chi connectivity index (χ2n) is 5.78. The molecule has 1 aliphatic rings. The highest BCUT2D eigenvalue weighted by atomic mass is 16.5. The number of amides is 1. The van der Waals surface area contributed by atoms with E-state index in [0.29, 0.717) is 13.0 Å². The van der Waals surface area contributed by atoms with Gasteiger partial charge in [0, 0.05) is 26.1 Å². The molecule has 1 fully saturated rings. The predicted octanol–water partition coefficient (Wildman–Crippen LogP) is 2.15. The van der Waals surface area contributed by atoms with Crippen LogP contribution >= 0.6 is 0 Å². The van der Waals surface area contributed by atoms with Crippen LogP contribution in [0, 0.1) is 11.3 Å². The first-order valence-electron chi connectivity index (χ1n) is 7.51. The number of ether oxygens (including phenoxy) is 1. The van der Waals surface area contributed by atoms with Crippen molar-refractivity contribution in [3.8, 4) is 0 Å². The van der Waals surface area contributed by atoms with Gasteiger partial charge in [-0.25, -0.2) is 0 Å². The van der Waals surface area contributed by atoms with Crippen LogP contribution in [0.3, 0.4) is 0 Å². The van der Waals surface area contributed by atoms with Gasteiger partial charge in [-0.05, 0) is 19.3 Å². The van der Waals surface area contributed by atoms with Crippen LogP contribution in [0.15, 0.2) is 0 Å². The number of hydrogen-bond donors (Lipinski definition) is 1. The largest absolute Gasteiger partial charge is 0.481 e. The summed E-state index contributed by atoms with van der Waals surface area (Å²) in [5.41, 5.74) is -0.923. The van der Waals surface area contributed by atoms with Gasteiger partial charge in [-0.1, -0.05) is 26.7 Å². The highest BCUT2D eigenvalue weighted by molar-refractivity contribution is 5.82. The summed E-state index contributed by atoms with van der Waals surface area (Å²) >= 11 is 0. The quantitative estimate of drug-likeness (QED) is 0.742. The first kappa shape index (κ1) is 17.0. The molecule has 0 bridgehead atoms. The molecule has 0 aromatic rings. The number of aliphatic carboxylic acids is 1. The molecule has 116 valence electrons. The molecule has 0 aliphatic carbocycles. The van der Waals surface area contributed by atoms with Gasteiger partial charge in [0.05, 0.1) is 6.61 Å². The smallest absolute Gasteiger partial charge is 0.313 e. The highest BCUT2D eigenvalue weighted by Gasteiger charge is 2.47. The SMILES string of the molecule is CCCCC(CC)C(=O)N1CCC(COC)(C(=O)O)C1. The average Bonchev–Trinajstić information content (AvgIpc) is 2.85. The van der Waals surface area contributed by atoms with E-state index >= 15 is 0 Å². The molecule has 0 saturated carbocycles. The van der Waals surface area contributed by atoms with Crippen molar-refractivity contribution in [2.45, 2.75) is 46.0 Å². The first-order valence-corrected chi connectivity index (χ1v) is 7.51. The Bertz CT molecular complexity index is 345. The Morgan fingerprint density at radius 2 is 2.10 bits per heavy atom. The van der Waals surface area contributed by atoms with Gasteiger partial charge in [0.25, 0.3) is 0 Å². The number of carbonyl (C=O) groups is 2. The lowest BCUT2D eigenvalue weighted by Gasteiger charge is -2.26. The third-order valence-corrected chi connectivity index (χ3v) is 4.29. The second-order valence-corrected chi connectivity index (χ2v) is 5.78. The first-order chi connectivity index (χ1) is 9.50. The maximum absolute atomic E-state index is 12.5. The maximum Gasteiger partial charge on any atom is 0.313 e. The van der Waals surface area contributed by atoms with Crippen LogP contribution in [0.1, 0.15) is 46.0 Å². The van der Waals surface area contributed by atoms with E-state index in [9.17, 15) is 14.7 Å². The molecule has 1 aliphatic heterocycles. The van der Waals surface area contributed by atoms with Gasteiger partial charge in [-0.3, -0.25) is 9.59 Å². The summed E-state index contributed by atoms with van der Waals surface area (Å²) in [6, 6.07) is 0. The van der Waals surface area contributed by atoms with Crippen LogP contribution in [-0.4, -0.2) is 48.7 Å². The van der Waals surface area contributed by atoms with Crippen molar-refractivity contribution >= 4 is 11.9 Å². The zero-order valence-electron chi connectivity index (χ0n) is 12.9.